The number of anilines is 2. The Balaban J connectivity index is 1.89. The second-order valence-electron chi connectivity index (χ2n) is 5.45. The number of nitrogens with one attached hydrogen (secondary N) is 1. The van der Waals surface area contributed by atoms with Gasteiger partial charge in [-0.15, -0.1) is 0 Å². The summed E-state index contributed by atoms with van der Waals surface area (Å²) < 4.78 is 5.25. The molecule has 1 aromatic heterocycles. The smallest absolute Gasteiger partial charge is 0.261 e. The van der Waals surface area contributed by atoms with E-state index in [1.54, 1.807) is 12.1 Å². The highest BCUT2D eigenvalue weighted by Crippen LogP contribution is 2.30. The lowest BCUT2D eigenvalue weighted by atomic mass is 10.1. The van der Waals surface area contributed by atoms with Crippen molar-refractivity contribution >= 4 is 28.9 Å². The van der Waals surface area contributed by atoms with Crippen LogP contribution in [0, 0.1) is 0 Å². The molecule has 1 amide bonds. The summed E-state index contributed by atoms with van der Waals surface area (Å²) in [7, 11) is 3.88. The summed E-state index contributed by atoms with van der Waals surface area (Å²) >= 11 is 6.18. The SMILES string of the molecule is CN(C)c1cccc(NC(=O)c2cnoc2-c2ccccc2Cl)c1. The molecule has 0 bridgehead atoms. The van der Waals surface area contributed by atoms with Crippen molar-refractivity contribution in [3.05, 3.63) is 65.3 Å². The van der Waals surface area contributed by atoms with Gasteiger partial charge in [-0.1, -0.05) is 35.0 Å². The molecular weight excluding hydrogens is 326 g/mol. The van der Waals surface area contributed by atoms with Gasteiger partial charge in [0.15, 0.2) is 5.76 Å². The molecule has 1 heterocycles. The van der Waals surface area contributed by atoms with Crippen LogP contribution < -0.4 is 10.2 Å². The summed E-state index contributed by atoms with van der Waals surface area (Å²) in [4.78, 5) is 14.6. The lowest BCUT2D eigenvalue weighted by Gasteiger charge is -2.14. The third-order valence-electron chi connectivity index (χ3n) is 3.55. The van der Waals surface area contributed by atoms with Crippen molar-refractivity contribution < 1.29 is 9.32 Å². The summed E-state index contributed by atoms with van der Waals surface area (Å²) in [5, 5.41) is 7.10. The van der Waals surface area contributed by atoms with E-state index >= 15 is 0 Å². The first-order valence-corrected chi connectivity index (χ1v) is 7.72. The van der Waals surface area contributed by atoms with Crippen LogP contribution >= 0.6 is 11.6 Å². The zero-order chi connectivity index (χ0) is 17.1. The van der Waals surface area contributed by atoms with Crippen LogP contribution in [0.3, 0.4) is 0 Å². The largest absolute Gasteiger partial charge is 0.378 e. The monoisotopic (exact) mass is 341 g/mol. The van der Waals surface area contributed by atoms with E-state index in [9.17, 15) is 4.79 Å². The molecule has 3 rings (SSSR count). The van der Waals surface area contributed by atoms with Gasteiger partial charge in [0.2, 0.25) is 0 Å². The van der Waals surface area contributed by atoms with Crippen molar-refractivity contribution in [3.63, 3.8) is 0 Å². The standard InChI is InChI=1S/C18H16ClN3O2/c1-22(2)13-7-5-6-12(10-13)21-18(23)15-11-20-24-17(15)14-8-3-4-9-16(14)19/h3-11H,1-2H3,(H,21,23). The Morgan fingerprint density at radius 3 is 2.71 bits per heavy atom. The van der Waals surface area contributed by atoms with Crippen molar-refractivity contribution in [2.24, 2.45) is 0 Å². The Kier molecular flexibility index (Phi) is 4.53. The third kappa shape index (κ3) is 3.26. The fourth-order valence-electron chi connectivity index (χ4n) is 2.30. The van der Waals surface area contributed by atoms with Crippen molar-refractivity contribution in [1.82, 2.24) is 5.16 Å². The van der Waals surface area contributed by atoms with E-state index in [0.29, 0.717) is 27.6 Å². The highest BCUT2D eigenvalue weighted by molar-refractivity contribution is 6.33. The Hall–Kier alpha value is -2.79. The second-order valence-corrected chi connectivity index (χ2v) is 5.85. The average molecular weight is 342 g/mol. The molecule has 0 atom stereocenters. The molecule has 0 fully saturated rings. The fourth-order valence-corrected chi connectivity index (χ4v) is 2.52. The highest BCUT2D eigenvalue weighted by atomic mass is 35.5. The van der Waals surface area contributed by atoms with E-state index in [1.807, 2.05) is 55.4 Å². The fraction of sp³-hybridized carbons (Fsp3) is 0.111. The molecule has 0 saturated heterocycles. The molecule has 0 spiro atoms. The quantitative estimate of drug-likeness (QED) is 0.768. The summed E-state index contributed by atoms with van der Waals surface area (Å²) in [6, 6.07) is 14.7. The molecule has 1 N–H and O–H groups in total. The summed E-state index contributed by atoms with van der Waals surface area (Å²) in [6.45, 7) is 0. The van der Waals surface area contributed by atoms with E-state index in [-0.39, 0.29) is 5.91 Å². The predicted octanol–water partition coefficient (Wildman–Crippen LogP) is 4.31. The van der Waals surface area contributed by atoms with Crippen molar-refractivity contribution in [3.8, 4) is 11.3 Å². The number of rotatable bonds is 4. The molecule has 2 aromatic carbocycles. The molecule has 122 valence electrons. The number of aromatic nitrogens is 1. The van der Waals surface area contributed by atoms with Crippen molar-refractivity contribution in [2.45, 2.75) is 0 Å². The molecule has 0 aliphatic carbocycles. The van der Waals surface area contributed by atoms with Gasteiger partial charge >= 0.3 is 0 Å². The van der Waals surface area contributed by atoms with Gasteiger partial charge in [-0.05, 0) is 30.3 Å². The second kappa shape index (κ2) is 6.76. The van der Waals surface area contributed by atoms with Gasteiger partial charge < -0.3 is 14.7 Å². The first-order chi connectivity index (χ1) is 11.6. The first kappa shape index (κ1) is 16.1. The minimum atomic E-state index is -0.304. The Morgan fingerprint density at radius 1 is 1.17 bits per heavy atom. The molecule has 0 unspecified atom stereocenters. The minimum Gasteiger partial charge on any atom is -0.378 e. The van der Waals surface area contributed by atoms with Crippen LogP contribution in [0.25, 0.3) is 11.3 Å². The zero-order valence-corrected chi connectivity index (χ0v) is 14.0. The van der Waals surface area contributed by atoms with Crippen LogP contribution in [0.4, 0.5) is 11.4 Å². The zero-order valence-electron chi connectivity index (χ0n) is 13.3. The Labute approximate surface area is 144 Å². The van der Waals surface area contributed by atoms with Crippen molar-refractivity contribution in [2.75, 3.05) is 24.3 Å². The number of carbonyl (C=O) groups excluding carboxylic acids is 1. The van der Waals surface area contributed by atoms with E-state index in [4.69, 9.17) is 16.1 Å². The van der Waals surface area contributed by atoms with Crippen LogP contribution in [0.15, 0.2) is 59.3 Å². The van der Waals surface area contributed by atoms with Crippen LogP contribution in [0.2, 0.25) is 5.02 Å². The molecule has 24 heavy (non-hydrogen) atoms. The molecule has 0 aliphatic heterocycles. The highest BCUT2D eigenvalue weighted by Gasteiger charge is 2.19. The molecule has 0 saturated carbocycles. The number of amides is 1. The molecular formula is C18H16ClN3O2. The number of carbonyl (C=O) groups is 1. The van der Waals surface area contributed by atoms with Crippen molar-refractivity contribution in [1.29, 1.82) is 0 Å². The number of hydrogen-bond acceptors (Lipinski definition) is 4. The first-order valence-electron chi connectivity index (χ1n) is 7.34. The maximum Gasteiger partial charge on any atom is 0.261 e. The predicted molar refractivity (Wildman–Crippen MR) is 95.7 cm³/mol. The van der Waals surface area contributed by atoms with Gasteiger partial charge in [0.1, 0.15) is 5.56 Å². The van der Waals surface area contributed by atoms with E-state index in [2.05, 4.69) is 10.5 Å². The molecule has 3 aromatic rings. The van der Waals surface area contributed by atoms with Crippen LogP contribution in [0.1, 0.15) is 10.4 Å². The summed E-state index contributed by atoms with van der Waals surface area (Å²) in [5.41, 5.74) is 2.64. The molecule has 6 heteroatoms. The van der Waals surface area contributed by atoms with Gasteiger partial charge in [0.05, 0.1) is 11.2 Å². The number of nitrogens with zero attached hydrogens (tertiary/aromatic N) is 2. The lowest BCUT2D eigenvalue weighted by molar-refractivity contribution is 0.102. The van der Waals surface area contributed by atoms with Gasteiger partial charge in [0.25, 0.3) is 5.91 Å². The maximum atomic E-state index is 12.6. The summed E-state index contributed by atoms with van der Waals surface area (Å²) in [5.74, 6) is 0.0453. The van der Waals surface area contributed by atoms with E-state index in [1.165, 1.54) is 6.20 Å². The van der Waals surface area contributed by atoms with Crippen LogP contribution in [0.5, 0.6) is 0 Å². The van der Waals surface area contributed by atoms with Gasteiger partial charge in [0, 0.05) is 31.0 Å². The molecule has 5 nitrogen and oxygen atoms in total. The Bertz CT molecular complexity index is 874. The van der Waals surface area contributed by atoms with E-state index < -0.39 is 0 Å². The van der Waals surface area contributed by atoms with Crippen LogP contribution in [-0.4, -0.2) is 25.2 Å². The van der Waals surface area contributed by atoms with E-state index in [0.717, 1.165) is 5.69 Å². The normalized spacial score (nSPS) is 10.5. The van der Waals surface area contributed by atoms with Gasteiger partial charge in [-0.2, -0.15) is 0 Å². The minimum absolute atomic E-state index is 0.304. The third-order valence-corrected chi connectivity index (χ3v) is 3.88. The average Bonchev–Trinajstić information content (AvgIpc) is 3.05. The number of halogens is 1. The topological polar surface area (TPSA) is 58.4 Å². The lowest BCUT2D eigenvalue weighted by Crippen LogP contribution is -2.13. The number of hydrogen-bond donors (Lipinski definition) is 1. The Morgan fingerprint density at radius 2 is 1.96 bits per heavy atom. The van der Waals surface area contributed by atoms with Gasteiger partial charge in [-0.25, -0.2) is 0 Å². The summed E-state index contributed by atoms with van der Waals surface area (Å²) in [6.07, 6.45) is 1.39. The molecule has 0 radical (unpaired) electrons. The van der Waals surface area contributed by atoms with Crippen LogP contribution in [-0.2, 0) is 0 Å². The van der Waals surface area contributed by atoms with Gasteiger partial charge in [-0.3, -0.25) is 4.79 Å². The number of benzene rings is 2. The maximum absolute atomic E-state index is 12.6. The molecule has 0 aliphatic rings.